The molecule has 0 aliphatic carbocycles. The van der Waals surface area contributed by atoms with Gasteiger partial charge in [-0.1, -0.05) is 6.07 Å². The molecule has 4 heterocycles. The summed E-state index contributed by atoms with van der Waals surface area (Å²) >= 11 is 0. The maximum atomic E-state index is 12.7. The first-order valence-corrected chi connectivity index (χ1v) is 9.76. The largest absolute Gasteiger partial charge is 0.362 e. The number of hydrogen-bond acceptors (Lipinski definition) is 4. The summed E-state index contributed by atoms with van der Waals surface area (Å²) < 4.78 is 6.27. The Morgan fingerprint density at radius 3 is 2.50 bits per heavy atom. The number of ether oxygens (including phenoxy) is 1. The highest BCUT2D eigenvalue weighted by Crippen LogP contribution is 2.39. The molecule has 0 aromatic carbocycles. The summed E-state index contributed by atoms with van der Waals surface area (Å²) in [5, 5.41) is 0. The molecule has 0 saturated carbocycles. The van der Waals surface area contributed by atoms with E-state index in [1.807, 2.05) is 28.9 Å². The molecule has 1 atom stereocenters. The van der Waals surface area contributed by atoms with Crippen LogP contribution in [0, 0.1) is 6.92 Å². The average Bonchev–Trinajstić information content (AvgIpc) is 3.32. The van der Waals surface area contributed by atoms with Crippen molar-refractivity contribution in [3.8, 4) is 0 Å². The lowest BCUT2D eigenvalue weighted by Gasteiger charge is -2.39. The van der Waals surface area contributed by atoms with Gasteiger partial charge < -0.3 is 14.5 Å². The standard InChI is InChI=1S/C20H27N3O3/c1-15-5-4-6-16(21-15)18(24)23-13-9-20(10-14-23)8-7-17(26-20)19(25)22-11-2-3-12-22/h4-6,17H,2-3,7-14H2,1H3/t17-/m1/s1. The fourth-order valence-corrected chi connectivity index (χ4v) is 4.44. The van der Waals surface area contributed by atoms with E-state index in [4.69, 9.17) is 4.74 Å². The second kappa shape index (κ2) is 6.99. The molecule has 0 N–H and O–H groups in total. The first-order valence-electron chi connectivity index (χ1n) is 9.76. The third-order valence-electron chi connectivity index (χ3n) is 6.02. The average molecular weight is 357 g/mol. The van der Waals surface area contributed by atoms with Gasteiger partial charge in [-0.3, -0.25) is 9.59 Å². The molecule has 1 spiro atoms. The Bertz CT molecular complexity index is 691. The Kier molecular flexibility index (Phi) is 4.69. The fraction of sp³-hybridized carbons (Fsp3) is 0.650. The van der Waals surface area contributed by atoms with Crippen molar-refractivity contribution in [1.29, 1.82) is 0 Å². The van der Waals surface area contributed by atoms with Crippen LogP contribution >= 0.6 is 0 Å². The number of hydrogen-bond donors (Lipinski definition) is 0. The van der Waals surface area contributed by atoms with Crippen LogP contribution in [0.4, 0.5) is 0 Å². The van der Waals surface area contributed by atoms with Gasteiger partial charge in [-0.2, -0.15) is 0 Å². The van der Waals surface area contributed by atoms with E-state index in [2.05, 4.69) is 4.98 Å². The summed E-state index contributed by atoms with van der Waals surface area (Å²) in [6.07, 6.45) is 5.25. The summed E-state index contributed by atoms with van der Waals surface area (Å²) in [6, 6.07) is 5.54. The van der Waals surface area contributed by atoms with E-state index in [1.165, 1.54) is 0 Å². The Hall–Kier alpha value is -1.95. The number of amides is 2. The monoisotopic (exact) mass is 357 g/mol. The molecular formula is C20H27N3O3. The topological polar surface area (TPSA) is 62.7 Å². The van der Waals surface area contributed by atoms with E-state index in [-0.39, 0.29) is 23.5 Å². The zero-order chi connectivity index (χ0) is 18.1. The van der Waals surface area contributed by atoms with Crippen LogP contribution < -0.4 is 0 Å². The van der Waals surface area contributed by atoms with E-state index >= 15 is 0 Å². The van der Waals surface area contributed by atoms with Crippen molar-refractivity contribution >= 4 is 11.8 Å². The van der Waals surface area contributed by atoms with E-state index in [9.17, 15) is 9.59 Å². The van der Waals surface area contributed by atoms with Crippen LogP contribution in [0.1, 0.15) is 54.7 Å². The minimum absolute atomic E-state index is 0.00811. The molecule has 140 valence electrons. The van der Waals surface area contributed by atoms with Crippen LogP contribution in [0.25, 0.3) is 0 Å². The highest BCUT2D eigenvalue weighted by molar-refractivity contribution is 5.92. The second-order valence-electron chi connectivity index (χ2n) is 7.82. The number of carbonyl (C=O) groups excluding carboxylic acids is 2. The van der Waals surface area contributed by atoms with E-state index in [0.29, 0.717) is 18.8 Å². The van der Waals surface area contributed by atoms with Gasteiger partial charge in [0.25, 0.3) is 11.8 Å². The van der Waals surface area contributed by atoms with Crippen LogP contribution in [0.15, 0.2) is 18.2 Å². The van der Waals surface area contributed by atoms with Crippen molar-refractivity contribution in [3.05, 3.63) is 29.6 Å². The van der Waals surface area contributed by atoms with Crippen LogP contribution in [0.2, 0.25) is 0 Å². The molecule has 6 nitrogen and oxygen atoms in total. The lowest BCUT2D eigenvalue weighted by atomic mass is 9.88. The zero-order valence-corrected chi connectivity index (χ0v) is 15.4. The van der Waals surface area contributed by atoms with Gasteiger partial charge >= 0.3 is 0 Å². The van der Waals surface area contributed by atoms with Crippen LogP contribution in [0.5, 0.6) is 0 Å². The molecule has 1 aromatic heterocycles. The molecule has 3 saturated heterocycles. The first kappa shape index (κ1) is 17.5. The predicted octanol–water partition coefficient (Wildman–Crippen LogP) is 2.17. The maximum absolute atomic E-state index is 12.7. The van der Waals surface area contributed by atoms with Crippen LogP contribution in [-0.2, 0) is 9.53 Å². The number of carbonyl (C=O) groups is 2. The van der Waals surface area contributed by atoms with Gasteiger partial charge in [-0.15, -0.1) is 0 Å². The van der Waals surface area contributed by atoms with Gasteiger partial charge in [-0.05, 0) is 57.6 Å². The lowest BCUT2D eigenvalue weighted by molar-refractivity contribution is -0.149. The number of nitrogens with zero attached hydrogens (tertiary/aromatic N) is 3. The molecule has 6 heteroatoms. The first-order chi connectivity index (χ1) is 12.6. The molecular weight excluding hydrogens is 330 g/mol. The van der Waals surface area contributed by atoms with Gasteiger partial charge in [0.2, 0.25) is 0 Å². The SMILES string of the molecule is Cc1cccc(C(=O)N2CCC3(CC[C@H](C(=O)N4CCCC4)O3)CC2)n1. The van der Waals surface area contributed by atoms with Crippen molar-refractivity contribution in [2.75, 3.05) is 26.2 Å². The molecule has 3 aliphatic rings. The summed E-state index contributed by atoms with van der Waals surface area (Å²) in [5.41, 5.74) is 1.14. The van der Waals surface area contributed by atoms with Gasteiger partial charge in [-0.25, -0.2) is 4.98 Å². The molecule has 1 aromatic rings. The predicted molar refractivity (Wildman–Crippen MR) is 96.8 cm³/mol. The van der Waals surface area contributed by atoms with E-state index in [1.54, 1.807) is 6.07 Å². The number of aromatic nitrogens is 1. The van der Waals surface area contributed by atoms with Gasteiger partial charge in [0.05, 0.1) is 5.60 Å². The fourth-order valence-electron chi connectivity index (χ4n) is 4.44. The van der Waals surface area contributed by atoms with Crippen LogP contribution in [-0.4, -0.2) is 64.5 Å². The van der Waals surface area contributed by atoms with Gasteiger partial charge in [0, 0.05) is 31.9 Å². The van der Waals surface area contributed by atoms with Crippen molar-refractivity contribution < 1.29 is 14.3 Å². The number of piperidine rings is 1. The number of likely N-dealkylation sites (tertiary alicyclic amines) is 2. The molecule has 26 heavy (non-hydrogen) atoms. The highest BCUT2D eigenvalue weighted by Gasteiger charge is 2.46. The normalized spacial score (nSPS) is 25.0. The van der Waals surface area contributed by atoms with E-state index < -0.39 is 0 Å². The third kappa shape index (κ3) is 3.34. The number of rotatable bonds is 2. The lowest BCUT2D eigenvalue weighted by Crippen LogP contribution is -2.48. The second-order valence-corrected chi connectivity index (χ2v) is 7.82. The number of pyridine rings is 1. The van der Waals surface area contributed by atoms with Crippen molar-refractivity contribution in [1.82, 2.24) is 14.8 Å². The Morgan fingerprint density at radius 1 is 1.08 bits per heavy atom. The number of aryl methyl sites for hydroxylation is 1. The molecule has 0 bridgehead atoms. The minimum atomic E-state index is -0.284. The van der Waals surface area contributed by atoms with Gasteiger partial charge in [0.15, 0.2) is 0 Å². The van der Waals surface area contributed by atoms with Crippen molar-refractivity contribution in [3.63, 3.8) is 0 Å². The van der Waals surface area contributed by atoms with Crippen LogP contribution in [0.3, 0.4) is 0 Å². The van der Waals surface area contributed by atoms with E-state index in [0.717, 1.165) is 57.3 Å². The maximum Gasteiger partial charge on any atom is 0.272 e. The summed E-state index contributed by atoms with van der Waals surface area (Å²) in [7, 11) is 0. The molecule has 4 rings (SSSR count). The molecule has 0 radical (unpaired) electrons. The van der Waals surface area contributed by atoms with Gasteiger partial charge in [0.1, 0.15) is 11.8 Å². The van der Waals surface area contributed by atoms with Crippen molar-refractivity contribution in [2.45, 2.75) is 57.2 Å². The Morgan fingerprint density at radius 2 is 1.81 bits per heavy atom. The Labute approximate surface area is 154 Å². The Balaban J connectivity index is 1.34. The summed E-state index contributed by atoms with van der Waals surface area (Å²) in [4.78, 5) is 33.4. The molecule has 3 aliphatic heterocycles. The molecule has 0 unspecified atom stereocenters. The van der Waals surface area contributed by atoms with Crippen molar-refractivity contribution in [2.24, 2.45) is 0 Å². The molecule has 3 fully saturated rings. The smallest absolute Gasteiger partial charge is 0.272 e. The summed E-state index contributed by atoms with van der Waals surface area (Å²) in [5.74, 6) is 0.160. The quantitative estimate of drug-likeness (QED) is 0.814. The third-order valence-corrected chi connectivity index (χ3v) is 6.02. The summed E-state index contributed by atoms with van der Waals surface area (Å²) in [6.45, 7) is 4.97. The molecule has 2 amide bonds. The minimum Gasteiger partial charge on any atom is -0.362 e. The zero-order valence-electron chi connectivity index (χ0n) is 15.4. The highest BCUT2D eigenvalue weighted by atomic mass is 16.5.